The molecule has 3 aliphatic heterocycles. The second-order valence-electron chi connectivity index (χ2n) is 8.82. The summed E-state index contributed by atoms with van der Waals surface area (Å²) in [6.45, 7) is 0. The molecule has 1 aliphatic carbocycles. The molecular formula is C24H25N3O2S. The van der Waals surface area contributed by atoms with Crippen LogP contribution >= 0.6 is 11.8 Å². The van der Waals surface area contributed by atoms with Gasteiger partial charge in [-0.15, -0.1) is 11.8 Å². The van der Waals surface area contributed by atoms with E-state index in [-0.39, 0.29) is 17.9 Å². The third-order valence-corrected chi connectivity index (χ3v) is 8.43. The van der Waals surface area contributed by atoms with E-state index >= 15 is 0 Å². The highest BCUT2D eigenvalue weighted by atomic mass is 32.2. The van der Waals surface area contributed by atoms with Gasteiger partial charge in [-0.3, -0.25) is 14.5 Å². The molecule has 0 radical (unpaired) electrons. The van der Waals surface area contributed by atoms with Gasteiger partial charge in [0.25, 0.3) is 0 Å². The molecule has 30 heavy (non-hydrogen) atoms. The van der Waals surface area contributed by atoms with Crippen LogP contribution < -0.4 is 10.6 Å². The van der Waals surface area contributed by atoms with Gasteiger partial charge in [-0.2, -0.15) is 0 Å². The van der Waals surface area contributed by atoms with Gasteiger partial charge in [0.1, 0.15) is 5.54 Å². The van der Waals surface area contributed by atoms with Crippen LogP contribution in [0.1, 0.15) is 36.0 Å². The molecule has 4 aliphatic rings. The standard InChI is InChI=1S/C24H25N3O2S/c28-22(25-20-11-5-7-15-6-1-2-8-17(15)20)19-12-16-13-30-14-27(16)24(19)18-9-3-4-10-21(18)26-23(24)29/h3-5,7,9-11,16,19H,1-2,6,8,12-14H2,(H,25,28)(H,26,29)/t16-,19-,24+/m0/s1. The molecule has 6 rings (SSSR count). The number of carbonyl (C=O) groups excluding carboxylic acids is 2. The molecule has 2 fully saturated rings. The molecule has 0 unspecified atom stereocenters. The van der Waals surface area contributed by atoms with Gasteiger partial charge in [0.2, 0.25) is 11.8 Å². The Balaban J connectivity index is 1.41. The van der Waals surface area contributed by atoms with E-state index in [1.807, 2.05) is 48.2 Å². The molecule has 2 aromatic carbocycles. The number of nitrogens with one attached hydrogen (secondary N) is 2. The first-order chi connectivity index (χ1) is 14.7. The number of thioether (sulfide) groups is 1. The summed E-state index contributed by atoms with van der Waals surface area (Å²) in [6.07, 6.45) is 5.18. The summed E-state index contributed by atoms with van der Waals surface area (Å²) < 4.78 is 0. The fourth-order valence-corrected chi connectivity index (χ4v) is 7.33. The molecule has 0 bridgehead atoms. The lowest BCUT2D eigenvalue weighted by atomic mass is 9.78. The number of hydrogen-bond acceptors (Lipinski definition) is 4. The topological polar surface area (TPSA) is 61.4 Å². The number of carbonyl (C=O) groups is 2. The maximum atomic E-state index is 13.7. The molecule has 2 amide bonds. The molecule has 3 heterocycles. The van der Waals surface area contributed by atoms with E-state index in [4.69, 9.17) is 0 Å². The number of rotatable bonds is 2. The molecule has 1 spiro atoms. The van der Waals surface area contributed by atoms with Crippen molar-refractivity contribution in [3.05, 3.63) is 59.2 Å². The van der Waals surface area contributed by atoms with Crippen LogP contribution in [-0.4, -0.2) is 34.4 Å². The van der Waals surface area contributed by atoms with E-state index in [1.54, 1.807) is 0 Å². The Bertz CT molecular complexity index is 1050. The van der Waals surface area contributed by atoms with Gasteiger partial charge in [-0.25, -0.2) is 0 Å². The van der Waals surface area contributed by atoms with E-state index in [1.165, 1.54) is 17.5 Å². The minimum Gasteiger partial charge on any atom is -0.326 e. The third-order valence-electron chi connectivity index (χ3n) is 7.35. The zero-order valence-electron chi connectivity index (χ0n) is 16.8. The Labute approximate surface area is 180 Å². The molecule has 154 valence electrons. The van der Waals surface area contributed by atoms with Gasteiger partial charge < -0.3 is 10.6 Å². The van der Waals surface area contributed by atoms with Crippen LogP contribution in [-0.2, 0) is 28.0 Å². The number of benzene rings is 2. The van der Waals surface area contributed by atoms with Crippen molar-refractivity contribution in [3.8, 4) is 0 Å². The summed E-state index contributed by atoms with van der Waals surface area (Å²) in [6, 6.07) is 14.4. The minimum absolute atomic E-state index is 0.0276. The second-order valence-corrected chi connectivity index (χ2v) is 9.82. The molecule has 0 aromatic heterocycles. The second kappa shape index (κ2) is 6.86. The van der Waals surface area contributed by atoms with Crippen molar-refractivity contribution >= 4 is 35.0 Å². The van der Waals surface area contributed by atoms with Crippen molar-refractivity contribution in [1.82, 2.24) is 4.90 Å². The first-order valence-electron chi connectivity index (χ1n) is 10.9. The van der Waals surface area contributed by atoms with Crippen LogP contribution in [0.5, 0.6) is 0 Å². The highest BCUT2D eigenvalue weighted by molar-refractivity contribution is 7.99. The predicted octanol–water partition coefficient (Wildman–Crippen LogP) is 3.75. The molecule has 3 atom stereocenters. The molecule has 0 saturated carbocycles. The van der Waals surface area contributed by atoms with E-state index < -0.39 is 11.5 Å². The lowest BCUT2D eigenvalue weighted by Gasteiger charge is -2.36. The Kier molecular flexibility index (Phi) is 4.22. The summed E-state index contributed by atoms with van der Waals surface area (Å²) in [4.78, 5) is 29.5. The van der Waals surface area contributed by atoms with Gasteiger partial charge in [0, 0.05) is 34.6 Å². The number of anilines is 2. The van der Waals surface area contributed by atoms with Gasteiger partial charge in [0.05, 0.1) is 5.92 Å². The SMILES string of the molecule is O=C(Nc1cccc2c1CCCC2)[C@@H]1C[C@H]2CSCN2[C@@]12C(=O)Nc1ccccc12. The first kappa shape index (κ1) is 18.5. The highest BCUT2D eigenvalue weighted by Gasteiger charge is 2.65. The zero-order chi connectivity index (χ0) is 20.3. The smallest absolute Gasteiger partial charge is 0.250 e. The van der Waals surface area contributed by atoms with Crippen LogP contribution in [0.3, 0.4) is 0 Å². The van der Waals surface area contributed by atoms with Crippen LogP contribution in [0.4, 0.5) is 11.4 Å². The van der Waals surface area contributed by atoms with Crippen molar-refractivity contribution in [2.45, 2.75) is 43.7 Å². The number of nitrogens with zero attached hydrogens (tertiary/aromatic N) is 1. The largest absolute Gasteiger partial charge is 0.326 e. The zero-order valence-corrected chi connectivity index (χ0v) is 17.6. The average Bonchev–Trinajstić information content (AvgIpc) is 3.43. The van der Waals surface area contributed by atoms with Gasteiger partial charge in [0.15, 0.2) is 0 Å². The van der Waals surface area contributed by atoms with Crippen molar-refractivity contribution < 1.29 is 9.59 Å². The summed E-state index contributed by atoms with van der Waals surface area (Å²) in [7, 11) is 0. The Morgan fingerprint density at radius 1 is 1.13 bits per heavy atom. The van der Waals surface area contributed by atoms with Gasteiger partial charge >= 0.3 is 0 Å². The number of aryl methyl sites for hydroxylation is 1. The Morgan fingerprint density at radius 3 is 2.93 bits per heavy atom. The van der Waals surface area contributed by atoms with Gasteiger partial charge in [-0.05, 0) is 55.4 Å². The molecule has 6 heteroatoms. The Hall–Kier alpha value is -2.31. The first-order valence-corrected chi connectivity index (χ1v) is 12.0. The number of amides is 2. The highest BCUT2D eigenvalue weighted by Crippen LogP contribution is 2.55. The third kappa shape index (κ3) is 2.47. The van der Waals surface area contributed by atoms with Crippen LogP contribution in [0.25, 0.3) is 0 Å². The molecule has 2 N–H and O–H groups in total. The van der Waals surface area contributed by atoms with Crippen molar-refractivity contribution in [2.75, 3.05) is 22.3 Å². The molecular weight excluding hydrogens is 394 g/mol. The predicted molar refractivity (Wildman–Crippen MR) is 120 cm³/mol. The number of para-hydroxylation sites is 1. The van der Waals surface area contributed by atoms with E-state index in [2.05, 4.69) is 21.6 Å². The van der Waals surface area contributed by atoms with Crippen LogP contribution in [0.15, 0.2) is 42.5 Å². The average molecular weight is 420 g/mol. The molecule has 2 aromatic rings. The molecule has 5 nitrogen and oxygen atoms in total. The minimum atomic E-state index is -0.899. The van der Waals surface area contributed by atoms with Gasteiger partial charge in [-0.1, -0.05) is 30.3 Å². The summed E-state index contributed by atoms with van der Waals surface area (Å²) in [5.74, 6) is 1.29. The van der Waals surface area contributed by atoms with E-state index in [9.17, 15) is 9.59 Å². The maximum absolute atomic E-state index is 13.7. The lowest BCUT2D eigenvalue weighted by molar-refractivity contribution is -0.134. The van der Waals surface area contributed by atoms with E-state index in [0.717, 1.165) is 54.3 Å². The number of fused-ring (bicyclic) bond motifs is 5. The normalized spacial score (nSPS) is 29.4. The maximum Gasteiger partial charge on any atom is 0.250 e. The van der Waals surface area contributed by atoms with Crippen molar-refractivity contribution in [1.29, 1.82) is 0 Å². The van der Waals surface area contributed by atoms with E-state index in [0.29, 0.717) is 0 Å². The summed E-state index contributed by atoms with van der Waals surface area (Å²) >= 11 is 1.85. The lowest BCUT2D eigenvalue weighted by Crippen LogP contribution is -2.53. The fraction of sp³-hybridized carbons (Fsp3) is 0.417. The quantitative estimate of drug-likeness (QED) is 0.778. The summed E-state index contributed by atoms with van der Waals surface area (Å²) in [5.41, 5.74) is 4.45. The van der Waals surface area contributed by atoms with Crippen LogP contribution in [0, 0.1) is 5.92 Å². The Morgan fingerprint density at radius 2 is 2.00 bits per heavy atom. The van der Waals surface area contributed by atoms with Crippen molar-refractivity contribution in [2.24, 2.45) is 5.92 Å². The fourth-order valence-electron chi connectivity index (χ4n) is 6.02. The van der Waals surface area contributed by atoms with Crippen molar-refractivity contribution in [3.63, 3.8) is 0 Å². The van der Waals surface area contributed by atoms with Crippen LogP contribution in [0.2, 0.25) is 0 Å². The monoisotopic (exact) mass is 419 g/mol. The number of hydrogen-bond donors (Lipinski definition) is 2. The summed E-state index contributed by atoms with van der Waals surface area (Å²) in [5, 5.41) is 6.32. The molecule has 2 saturated heterocycles.